The van der Waals surface area contributed by atoms with Gasteiger partial charge in [-0.15, -0.1) is 0 Å². The van der Waals surface area contributed by atoms with Gasteiger partial charge in [-0.25, -0.2) is 0 Å². The average Bonchev–Trinajstić information content (AvgIpc) is 3.16. The van der Waals surface area contributed by atoms with Gasteiger partial charge in [0.1, 0.15) is 0 Å². The zero-order chi connectivity index (χ0) is 38.3. The second-order valence-corrected chi connectivity index (χ2v) is 31.1. The first kappa shape index (κ1) is 51.7. The van der Waals surface area contributed by atoms with E-state index in [0.29, 0.717) is 0 Å². The molecule has 0 aliphatic rings. The number of unbranched alkanes of at least 4 members (excludes halogenated alkanes) is 15. The predicted octanol–water partition coefficient (Wildman–Crippen LogP) is 9.63. The van der Waals surface area contributed by atoms with Crippen molar-refractivity contribution in [3.63, 3.8) is 0 Å². The van der Waals surface area contributed by atoms with Crippen LogP contribution in [0, 0.1) is 0 Å². The lowest BCUT2D eigenvalue weighted by Gasteiger charge is -2.33. The van der Waals surface area contributed by atoms with Gasteiger partial charge in [0.2, 0.25) is 0 Å². The first-order valence-corrected chi connectivity index (χ1v) is 31.6. The summed E-state index contributed by atoms with van der Waals surface area (Å²) in [6, 6.07) is 6.97. The number of hydrogen-bond acceptors (Lipinski definition) is 10. The van der Waals surface area contributed by atoms with Gasteiger partial charge in [0.25, 0.3) is 0 Å². The highest BCUT2D eigenvalue weighted by Gasteiger charge is 2.38. The van der Waals surface area contributed by atoms with Crippen LogP contribution in [0.5, 0.6) is 0 Å². The average molecular weight is 817 g/mol. The van der Waals surface area contributed by atoms with E-state index in [-0.39, 0.29) is 0 Å². The van der Waals surface area contributed by atoms with Crippen molar-refractivity contribution < 1.29 is 44.3 Å². The molecule has 0 aliphatic heterocycles. The van der Waals surface area contributed by atoms with Crippen molar-refractivity contribution in [3.05, 3.63) is 0 Å². The van der Waals surface area contributed by atoms with Crippen molar-refractivity contribution >= 4 is 43.5 Å². The molecule has 0 aromatic heterocycles. The van der Waals surface area contributed by atoms with Crippen molar-refractivity contribution in [2.24, 2.45) is 0 Å². The second-order valence-electron chi connectivity index (χ2n) is 14.6. The van der Waals surface area contributed by atoms with Crippen LogP contribution in [0.2, 0.25) is 49.4 Å². The molecule has 0 saturated carbocycles. The third kappa shape index (κ3) is 22.7. The van der Waals surface area contributed by atoms with Gasteiger partial charge >= 0.3 is 26.4 Å². The summed E-state index contributed by atoms with van der Waals surface area (Å²) >= 11 is 0. The first-order chi connectivity index (χ1) is 24.6. The minimum atomic E-state index is -2.45. The van der Waals surface area contributed by atoms with E-state index in [9.17, 15) is 0 Å². The lowest BCUT2D eigenvalue weighted by molar-refractivity contribution is 0.122. The van der Waals surface area contributed by atoms with E-state index in [2.05, 4.69) is 13.1 Å². The largest absolute Gasteiger partial charge is 0.500 e. The molecule has 51 heavy (non-hydrogen) atoms. The van der Waals surface area contributed by atoms with Gasteiger partial charge in [-0.2, -0.15) is 0 Å². The summed E-state index contributed by atoms with van der Waals surface area (Å²) in [5.41, 5.74) is 0. The van der Waals surface area contributed by atoms with Crippen LogP contribution in [-0.4, -0.2) is 114 Å². The predicted molar refractivity (Wildman–Crippen MR) is 223 cm³/mol. The molecule has 0 bridgehead atoms. The zero-order valence-electron chi connectivity index (χ0n) is 35.3. The highest BCUT2D eigenvalue weighted by Crippen LogP contribution is 2.31. The van der Waals surface area contributed by atoms with E-state index in [1.54, 1.807) is 64.0 Å². The molecule has 0 N–H and O–H groups in total. The van der Waals surface area contributed by atoms with Gasteiger partial charge in [-0.1, -0.05) is 114 Å². The Bertz CT molecular complexity index is 662. The van der Waals surface area contributed by atoms with Crippen LogP contribution in [0.15, 0.2) is 0 Å². The molecule has 15 heteroatoms. The molecule has 0 amide bonds. The maximum Gasteiger partial charge on any atom is 0.500 e. The number of rotatable bonds is 39. The Morgan fingerprint density at radius 2 is 0.490 bits per heavy atom. The summed E-state index contributed by atoms with van der Waals surface area (Å²) in [6.07, 6.45) is 23.9. The minimum absolute atomic E-state index is 0.898. The second kappa shape index (κ2) is 31.8. The minimum Gasteiger partial charge on any atom is -0.424 e. The molecule has 0 rings (SSSR count). The Balaban J connectivity index is 5.03. The van der Waals surface area contributed by atoms with Crippen molar-refractivity contribution in [1.82, 2.24) is 0 Å². The maximum absolute atomic E-state index is 6.63. The van der Waals surface area contributed by atoms with Crippen molar-refractivity contribution in [3.8, 4) is 0 Å². The molecule has 10 nitrogen and oxygen atoms in total. The van der Waals surface area contributed by atoms with Crippen molar-refractivity contribution in [2.45, 2.75) is 165 Å². The summed E-state index contributed by atoms with van der Waals surface area (Å²) in [5, 5.41) is 0. The summed E-state index contributed by atoms with van der Waals surface area (Å²) in [6.45, 7) is 4.69. The fourth-order valence-electron chi connectivity index (χ4n) is 7.25. The third-order valence-corrected chi connectivity index (χ3v) is 25.5. The van der Waals surface area contributed by atoms with Gasteiger partial charge in [0, 0.05) is 88.4 Å². The van der Waals surface area contributed by atoms with Crippen LogP contribution in [0.25, 0.3) is 0 Å². The molecule has 0 aromatic carbocycles. The number of hydrogen-bond donors (Lipinski definition) is 0. The van der Waals surface area contributed by atoms with E-state index < -0.39 is 43.5 Å². The molecule has 0 unspecified atom stereocenters. The molecule has 0 saturated heterocycles. The molecule has 0 spiro atoms. The monoisotopic (exact) mass is 816 g/mol. The molecule has 0 atom stereocenters. The third-order valence-electron chi connectivity index (χ3n) is 10.8. The van der Waals surface area contributed by atoms with Crippen LogP contribution in [0.3, 0.4) is 0 Å². The van der Waals surface area contributed by atoms with Gasteiger partial charge in [0.15, 0.2) is 9.04 Å². The summed E-state index contributed by atoms with van der Waals surface area (Å²) in [7, 11) is 5.46. The first-order valence-electron chi connectivity index (χ1n) is 20.2. The Labute approximate surface area is 321 Å². The maximum atomic E-state index is 6.63. The SMILES string of the molecule is CO[Si](CCCCCCCC[Si](CCCCCCCC[Si](OC)(OC)OC)(CCCCCCCC[Si](OC)(OC)OC)CO[SiH](C)C)(OC)OC. The van der Waals surface area contributed by atoms with Gasteiger partial charge in [0.05, 0.1) is 8.07 Å². The van der Waals surface area contributed by atoms with Gasteiger partial charge in [-0.3, -0.25) is 0 Å². The molecular formula is C36H84O10Si5. The van der Waals surface area contributed by atoms with E-state index in [1.807, 2.05) is 0 Å². The molecule has 0 aromatic rings. The Kier molecular flexibility index (Phi) is 32.3. The fourth-order valence-corrected chi connectivity index (χ4v) is 19.6. The van der Waals surface area contributed by atoms with E-state index in [0.717, 1.165) is 43.6 Å². The zero-order valence-corrected chi connectivity index (χ0v) is 40.5. The molecule has 308 valence electrons. The van der Waals surface area contributed by atoms with E-state index in [4.69, 9.17) is 44.3 Å². The Morgan fingerprint density at radius 3 is 0.686 bits per heavy atom. The molecular weight excluding hydrogens is 733 g/mol. The molecule has 0 heterocycles. The summed E-state index contributed by atoms with van der Waals surface area (Å²) in [4.78, 5) is 0. The fraction of sp³-hybridized carbons (Fsp3) is 1.00. The van der Waals surface area contributed by atoms with Gasteiger partial charge < -0.3 is 44.3 Å². The lowest BCUT2D eigenvalue weighted by Crippen LogP contribution is -2.42. The van der Waals surface area contributed by atoms with Crippen molar-refractivity contribution in [1.29, 1.82) is 0 Å². The highest BCUT2D eigenvalue weighted by atomic mass is 28.4. The lowest BCUT2D eigenvalue weighted by atomic mass is 10.1. The Morgan fingerprint density at radius 1 is 0.294 bits per heavy atom. The summed E-state index contributed by atoms with van der Waals surface area (Å²) < 4.78 is 57.1. The van der Waals surface area contributed by atoms with Crippen LogP contribution in [0.4, 0.5) is 0 Å². The van der Waals surface area contributed by atoms with Crippen LogP contribution >= 0.6 is 0 Å². The van der Waals surface area contributed by atoms with Crippen LogP contribution in [-0.2, 0) is 44.3 Å². The topological polar surface area (TPSA) is 92.3 Å². The normalized spacial score (nSPS) is 13.2. The van der Waals surface area contributed by atoms with Crippen LogP contribution < -0.4 is 0 Å². The molecule has 0 radical (unpaired) electrons. The highest BCUT2D eigenvalue weighted by molar-refractivity contribution is 6.80. The molecule has 0 aliphatic carbocycles. The van der Waals surface area contributed by atoms with E-state index in [1.165, 1.54) is 114 Å². The Hall–Kier alpha value is 0.684. The van der Waals surface area contributed by atoms with Gasteiger partial charge in [-0.05, 0) is 32.4 Å². The van der Waals surface area contributed by atoms with E-state index >= 15 is 0 Å². The van der Waals surface area contributed by atoms with Crippen LogP contribution in [0.1, 0.15) is 116 Å². The molecule has 0 fully saturated rings. The standard InChI is InChI=1S/C36H84O10Si5/c1-37-49(38-2,39-3)33-27-21-15-12-18-24-30-48(36-46-47(10)11,31-25-19-13-16-22-28-34-50(40-4,41-5)42-6)32-26-20-14-17-23-29-35-51(43-7,44-8)45-9/h47H,12-36H2,1-11H3. The van der Waals surface area contributed by atoms with Crippen molar-refractivity contribution in [2.75, 3.05) is 70.2 Å². The smallest absolute Gasteiger partial charge is 0.424 e. The quantitative estimate of drug-likeness (QED) is 0.0441. The summed E-state index contributed by atoms with van der Waals surface area (Å²) in [5.74, 6) is 0.